The zero-order valence-electron chi connectivity index (χ0n) is 9.97. The van der Waals surface area contributed by atoms with Crippen molar-refractivity contribution in [3.8, 4) is 5.75 Å². The number of likely N-dealkylation sites (tertiary alicyclic amines) is 1. The second-order valence-corrected chi connectivity index (χ2v) is 5.19. The first-order chi connectivity index (χ1) is 8.15. The highest BCUT2D eigenvalue weighted by Gasteiger charge is 2.22. The van der Waals surface area contributed by atoms with Gasteiger partial charge in [0.2, 0.25) is 0 Å². The van der Waals surface area contributed by atoms with Crippen LogP contribution in [0.5, 0.6) is 5.75 Å². The van der Waals surface area contributed by atoms with Gasteiger partial charge in [0.15, 0.2) is 0 Å². The summed E-state index contributed by atoms with van der Waals surface area (Å²) in [6.07, 6.45) is 2.14. The number of benzene rings is 1. The van der Waals surface area contributed by atoms with Gasteiger partial charge in [0, 0.05) is 24.5 Å². The minimum absolute atomic E-state index is 0.195. The van der Waals surface area contributed by atoms with Crippen molar-refractivity contribution in [3.05, 3.63) is 30.1 Å². The summed E-state index contributed by atoms with van der Waals surface area (Å²) in [5.41, 5.74) is 0. The van der Waals surface area contributed by atoms with Crippen LogP contribution < -0.4 is 4.74 Å². The molecule has 0 spiro atoms. The van der Waals surface area contributed by atoms with Gasteiger partial charge in [-0.1, -0.05) is 6.07 Å². The normalized spacial score (nSPS) is 20.2. The van der Waals surface area contributed by atoms with E-state index in [1.165, 1.54) is 12.1 Å². The summed E-state index contributed by atoms with van der Waals surface area (Å²) in [4.78, 5) is 2.31. The van der Waals surface area contributed by atoms with Crippen LogP contribution >= 0.6 is 12.6 Å². The van der Waals surface area contributed by atoms with E-state index in [1.807, 2.05) is 0 Å². The molecule has 0 radical (unpaired) electrons. The summed E-state index contributed by atoms with van der Waals surface area (Å²) in [5, 5.41) is 0.296. The van der Waals surface area contributed by atoms with Gasteiger partial charge in [0.25, 0.3) is 0 Å². The second-order valence-electron chi connectivity index (χ2n) is 4.44. The predicted octanol–water partition coefficient (Wildman–Crippen LogP) is 2.94. The molecule has 17 heavy (non-hydrogen) atoms. The highest BCUT2D eigenvalue weighted by Crippen LogP contribution is 2.21. The third kappa shape index (κ3) is 3.61. The van der Waals surface area contributed by atoms with Crippen molar-refractivity contribution < 1.29 is 9.13 Å². The number of piperidine rings is 1. The van der Waals surface area contributed by atoms with E-state index in [-0.39, 0.29) is 11.9 Å². The molecule has 0 N–H and O–H groups in total. The molecular weight excluding hydrogens is 237 g/mol. The summed E-state index contributed by atoms with van der Waals surface area (Å²) >= 11 is 4.42. The second kappa shape index (κ2) is 5.74. The Balaban J connectivity index is 1.86. The smallest absolute Gasteiger partial charge is 0.126 e. The first-order valence-corrected chi connectivity index (χ1v) is 6.51. The number of ether oxygens (including phenoxy) is 1. The number of halogens is 1. The van der Waals surface area contributed by atoms with Gasteiger partial charge in [-0.2, -0.15) is 12.6 Å². The molecule has 1 aliphatic heterocycles. The van der Waals surface area contributed by atoms with E-state index in [1.54, 1.807) is 12.1 Å². The molecule has 0 aromatic heterocycles. The fourth-order valence-electron chi connectivity index (χ4n) is 2.10. The van der Waals surface area contributed by atoms with Crippen molar-refractivity contribution >= 4 is 12.6 Å². The standard InChI is InChI=1S/C13H18FNOS/c1-10(17)15-7-5-12(6-8-15)16-13-4-2-3-11(14)9-13/h2-4,9-10,12,17H,5-8H2,1H3. The molecule has 2 nitrogen and oxygen atoms in total. The first-order valence-electron chi connectivity index (χ1n) is 5.99. The van der Waals surface area contributed by atoms with E-state index in [2.05, 4.69) is 24.5 Å². The van der Waals surface area contributed by atoms with Crippen molar-refractivity contribution in [3.63, 3.8) is 0 Å². The van der Waals surface area contributed by atoms with Gasteiger partial charge in [0.1, 0.15) is 17.7 Å². The number of thiol groups is 1. The summed E-state index contributed by atoms with van der Waals surface area (Å²) in [6, 6.07) is 6.35. The number of rotatable bonds is 3. The molecule has 1 fully saturated rings. The maximum atomic E-state index is 13.0. The summed E-state index contributed by atoms with van der Waals surface area (Å²) in [5.74, 6) is 0.381. The zero-order valence-corrected chi connectivity index (χ0v) is 10.9. The van der Waals surface area contributed by atoms with Crippen molar-refractivity contribution in [2.45, 2.75) is 31.2 Å². The maximum absolute atomic E-state index is 13.0. The van der Waals surface area contributed by atoms with Crippen molar-refractivity contribution in [2.24, 2.45) is 0 Å². The highest BCUT2D eigenvalue weighted by atomic mass is 32.1. The van der Waals surface area contributed by atoms with Crippen LogP contribution in [0.3, 0.4) is 0 Å². The van der Waals surface area contributed by atoms with Gasteiger partial charge in [-0.25, -0.2) is 4.39 Å². The van der Waals surface area contributed by atoms with Gasteiger partial charge >= 0.3 is 0 Å². The van der Waals surface area contributed by atoms with Crippen LogP contribution in [0.4, 0.5) is 4.39 Å². The Labute approximate surface area is 107 Å². The van der Waals surface area contributed by atoms with Crippen LogP contribution in [0.25, 0.3) is 0 Å². The van der Waals surface area contributed by atoms with Gasteiger partial charge in [-0.15, -0.1) is 0 Å². The minimum atomic E-state index is -0.246. The van der Waals surface area contributed by atoms with E-state index in [0.717, 1.165) is 25.9 Å². The van der Waals surface area contributed by atoms with Gasteiger partial charge in [0.05, 0.1) is 0 Å². The number of hydrogen-bond donors (Lipinski definition) is 1. The molecule has 2 rings (SSSR count). The summed E-state index contributed by atoms with van der Waals surface area (Å²) in [6.45, 7) is 4.06. The van der Waals surface area contributed by atoms with E-state index in [4.69, 9.17) is 4.74 Å². The summed E-state index contributed by atoms with van der Waals surface area (Å²) in [7, 11) is 0. The zero-order chi connectivity index (χ0) is 12.3. The molecule has 1 aromatic carbocycles. The topological polar surface area (TPSA) is 12.5 Å². The molecule has 0 saturated carbocycles. The lowest BCUT2D eigenvalue weighted by molar-refractivity contribution is 0.0978. The molecule has 1 aliphatic rings. The minimum Gasteiger partial charge on any atom is -0.490 e. The monoisotopic (exact) mass is 255 g/mol. The molecule has 1 atom stereocenters. The quantitative estimate of drug-likeness (QED) is 0.834. The van der Waals surface area contributed by atoms with E-state index in [0.29, 0.717) is 11.1 Å². The van der Waals surface area contributed by atoms with E-state index < -0.39 is 0 Å². The molecule has 0 aliphatic carbocycles. The van der Waals surface area contributed by atoms with Gasteiger partial charge in [-0.3, -0.25) is 4.90 Å². The van der Waals surface area contributed by atoms with Crippen LogP contribution in [0.1, 0.15) is 19.8 Å². The lowest BCUT2D eigenvalue weighted by atomic mass is 10.1. The largest absolute Gasteiger partial charge is 0.490 e. The Hall–Kier alpha value is -0.740. The molecule has 94 valence electrons. The van der Waals surface area contributed by atoms with Crippen LogP contribution in [-0.4, -0.2) is 29.5 Å². The fraction of sp³-hybridized carbons (Fsp3) is 0.538. The number of hydrogen-bond acceptors (Lipinski definition) is 3. The Morgan fingerprint density at radius 1 is 1.41 bits per heavy atom. The highest BCUT2D eigenvalue weighted by molar-refractivity contribution is 7.80. The molecular formula is C13H18FNOS. The molecule has 1 unspecified atom stereocenters. The Morgan fingerprint density at radius 3 is 2.71 bits per heavy atom. The third-order valence-electron chi connectivity index (χ3n) is 3.10. The van der Waals surface area contributed by atoms with Crippen LogP contribution in [-0.2, 0) is 0 Å². The Morgan fingerprint density at radius 2 is 2.12 bits per heavy atom. The lowest BCUT2D eigenvalue weighted by Gasteiger charge is -2.34. The van der Waals surface area contributed by atoms with Gasteiger partial charge < -0.3 is 4.74 Å². The number of nitrogens with zero attached hydrogens (tertiary/aromatic N) is 1. The van der Waals surface area contributed by atoms with Crippen molar-refractivity contribution in [1.29, 1.82) is 0 Å². The van der Waals surface area contributed by atoms with Crippen LogP contribution in [0.15, 0.2) is 24.3 Å². The maximum Gasteiger partial charge on any atom is 0.126 e. The fourth-order valence-corrected chi connectivity index (χ4v) is 2.33. The van der Waals surface area contributed by atoms with Crippen molar-refractivity contribution in [2.75, 3.05) is 13.1 Å². The van der Waals surface area contributed by atoms with Crippen molar-refractivity contribution in [1.82, 2.24) is 4.90 Å². The molecule has 0 amide bonds. The van der Waals surface area contributed by atoms with Crippen LogP contribution in [0.2, 0.25) is 0 Å². The molecule has 1 aromatic rings. The third-order valence-corrected chi connectivity index (χ3v) is 3.43. The lowest BCUT2D eigenvalue weighted by Crippen LogP contribution is -2.41. The van der Waals surface area contributed by atoms with E-state index >= 15 is 0 Å². The average Bonchev–Trinajstić information content (AvgIpc) is 2.29. The SMILES string of the molecule is CC(S)N1CCC(Oc2cccc(F)c2)CC1. The van der Waals surface area contributed by atoms with E-state index in [9.17, 15) is 4.39 Å². The first kappa shape index (κ1) is 12.7. The molecule has 4 heteroatoms. The Kier molecular flexibility index (Phi) is 4.29. The van der Waals surface area contributed by atoms with Gasteiger partial charge in [-0.05, 0) is 31.9 Å². The summed E-state index contributed by atoms with van der Waals surface area (Å²) < 4.78 is 18.8. The Bertz CT molecular complexity index is 364. The molecule has 1 heterocycles. The molecule has 0 bridgehead atoms. The predicted molar refractivity (Wildman–Crippen MR) is 70.1 cm³/mol. The molecule has 1 saturated heterocycles. The van der Waals surface area contributed by atoms with Crippen LogP contribution in [0, 0.1) is 5.82 Å². The average molecular weight is 255 g/mol.